The number of hydrogen-bond acceptors (Lipinski definition) is 5. The lowest BCUT2D eigenvalue weighted by molar-refractivity contribution is -0.131. The van der Waals surface area contributed by atoms with E-state index in [0.29, 0.717) is 42.0 Å². The van der Waals surface area contributed by atoms with E-state index in [9.17, 15) is 9.90 Å². The van der Waals surface area contributed by atoms with Crippen LogP contribution in [0, 0.1) is 23.7 Å². The number of aliphatic hydroxyl groups is 1. The minimum Gasteiger partial charge on any atom is -0.395 e. The first-order valence-corrected chi connectivity index (χ1v) is 12.8. The number of nitrogens with zero attached hydrogens (tertiary/aromatic N) is 2. The zero-order valence-corrected chi connectivity index (χ0v) is 20.7. The van der Waals surface area contributed by atoms with E-state index >= 15 is 0 Å². The summed E-state index contributed by atoms with van der Waals surface area (Å²) in [5.74, 6) is 1.77. The molecule has 0 spiro atoms. The zero-order chi connectivity index (χ0) is 23.4. The molecule has 7 nitrogen and oxygen atoms in total. The van der Waals surface area contributed by atoms with Crippen LogP contribution in [0.5, 0.6) is 0 Å². The fourth-order valence-corrected chi connectivity index (χ4v) is 6.15. The summed E-state index contributed by atoms with van der Waals surface area (Å²) in [6.07, 6.45) is 3.25. The number of thiocarbonyl (C=S) groups is 1. The molecule has 182 valence electrons. The van der Waals surface area contributed by atoms with Crippen LogP contribution < -0.4 is 15.5 Å². The van der Waals surface area contributed by atoms with Gasteiger partial charge < -0.3 is 30.3 Å². The van der Waals surface area contributed by atoms with Crippen molar-refractivity contribution in [2.75, 3.05) is 56.2 Å². The lowest BCUT2D eigenvalue weighted by atomic mass is 9.68. The number of hydrogen-bond donors (Lipinski definition) is 3. The number of morpholine rings is 1. The van der Waals surface area contributed by atoms with Gasteiger partial charge in [-0.1, -0.05) is 13.8 Å². The van der Waals surface area contributed by atoms with Crippen molar-refractivity contribution in [1.29, 1.82) is 0 Å². The molecule has 1 amide bonds. The summed E-state index contributed by atoms with van der Waals surface area (Å²) in [5.41, 5.74) is 2.08. The van der Waals surface area contributed by atoms with Crippen molar-refractivity contribution in [2.45, 2.75) is 39.2 Å². The van der Waals surface area contributed by atoms with E-state index in [0.717, 1.165) is 38.4 Å². The summed E-state index contributed by atoms with van der Waals surface area (Å²) in [5, 5.41) is 16.8. The molecule has 0 aromatic heterocycles. The van der Waals surface area contributed by atoms with Gasteiger partial charge in [0.1, 0.15) is 0 Å². The molecule has 1 saturated carbocycles. The summed E-state index contributed by atoms with van der Waals surface area (Å²) >= 11 is 5.69. The number of piperidine rings is 1. The standard InChI is InChI=1S/C25H38N4O3S/c1-17-13-18(2)23-19(14-17)15-20(24(31)27-23)16-29(7-10-30)25(33)26-21-3-5-22(6-4-21)28-8-11-32-12-9-28/h3-6,17-20,23,30H,7-16H2,1-2H3,(H,26,33)(H,27,31). The van der Waals surface area contributed by atoms with Crippen LogP contribution in [0.4, 0.5) is 11.4 Å². The van der Waals surface area contributed by atoms with Crippen LogP contribution in [0.15, 0.2) is 24.3 Å². The molecule has 3 aliphatic rings. The number of ether oxygens (including phenoxy) is 1. The second kappa shape index (κ2) is 11.0. The second-order valence-electron chi connectivity index (χ2n) is 10.0. The Labute approximate surface area is 202 Å². The van der Waals surface area contributed by atoms with Gasteiger partial charge in [0.15, 0.2) is 5.11 Å². The van der Waals surface area contributed by atoms with Crippen LogP contribution in [0.1, 0.15) is 33.1 Å². The molecule has 0 bridgehead atoms. The molecule has 2 heterocycles. The summed E-state index contributed by atoms with van der Waals surface area (Å²) < 4.78 is 5.43. The minimum atomic E-state index is -0.112. The monoisotopic (exact) mass is 474 g/mol. The van der Waals surface area contributed by atoms with E-state index in [-0.39, 0.29) is 18.4 Å². The number of nitrogens with one attached hydrogen (secondary N) is 2. The smallest absolute Gasteiger partial charge is 0.225 e. The first-order valence-electron chi connectivity index (χ1n) is 12.3. The Bertz CT molecular complexity index is 814. The van der Waals surface area contributed by atoms with Gasteiger partial charge in [0.25, 0.3) is 0 Å². The Morgan fingerprint density at radius 3 is 2.64 bits per heavy atom. The van der Waals surface area contributed by atoms with Gasteiger partial charge in [-0.3, -0.25) is 4.79 Å². The summed E-state index contributed by atoms with van der Waals surface area (Å²) in [6, 6.07) is 8.53. The van der Waals surface area contributed by atoms with Gasteiger partial charge in [-0.25, -0.2) is 0 Å². The molecule has 8 heteroatoms. The van der Waals surface area contributed by atoms with E-state index in [2.05, 4.69) is 41.5 Å². The molecule has 2 aliphatic heterocycles. The summed E-state index contributed by atoms with van der Waals surface area (Å²) in [4.78, 5) is 17.2. The predicted octanol–water partition coefficient (Wildman–Crippen LogP) is 2.70. The van der Waals surface area contributed by atoms with Crippen LogP contribution in [0.3, 0.4) is 0 Å². The van der Waals surface area contributed by atoms with Crippen molar-refractivity contribution in [3.8, 4) is 0 Å². The highest BCUT2D eigenvalue weighted by Crippen LogP contribution is 2.39. The Hall–Kier alpha value is -1.90. The highest BCUT2D eigenvalue weighted by atomic mass is 32.1. The molecule has 5 unspecified atom stereocenters. The van der Waals surface area contributed by atoms with Gasteiger partial charge in [-0.15, -0.1) is 0 Å². The van der Waals surface area contributed by atoms with Gasteiger partial charge in [0.05, 0.1) is 25.7 Å². The number of rotatable bonds is 6. The molecule has 5 atom stereocenters. The Kier molecular flexibility index (Phi) is 8.09. The number of carbonyl (C=O) groups is 1. The SMILES string of the molecule is CC1CC(C)C2NC(=O)C(CN(CCO)C(=S)Nc3ccc(N4CCOCC4)cc3)CC2C1. The van der Waals surface area contributed by atoms with Crippen molar-refractivity contribution in [3.63, 3.8) is 0 Å². The van der Waals surface area contributed by atoms with Crippen molar-refractivity contribution in [3.05, 3.63) is 24.3 Å². The second-order valence-corrected chi connectivity index (χ2v) is 10.4. The number of amides is 1. The van der Waals surface area contributed by atoms with Gasteiger partial charge in [0, 0.05) is 43.6 Å². The third-order valence-electron chi connectivity index (χ3n) is 7.46. The van der Waals surface area contributed by atoms with Crippen molar-refractivity contribution in [2.24, 2.45) is 23.7 Å². The van der Waals surface area contributed by atoms with Crippen LogP contribution >= 0.6 is 12.2 Å². The maximum atomic E-state index is 12.9. The lowest BCUT2D eigenvalue weighted by Crippen LogP contribution is -2.57. The number of fused-ring (bicyclic) bond motifs is 1. The van der Waals surface area contributed by atoms with Crippen molar-refractivity contribution >= 4 is 34.6 Å². The predicted molar refractivity (Wildman–Crippen MR) is 135 cm³/mol. The first-order chi connectivity index (χ1) is 15.9. The Morgan fingerprint density at radius 2 is 1.94 bits per heavy atom. The number of carbonyl (C=O) groups excluding carboxylic acids is 1. The fraction of sp³-hybridized carbons (Fsp3) is 0.680. The molecule has 2 saturated heterocycles. The zero-order valence-electron chi connectivity index (χ0n) is 19.8. The summed E-state index contributed by atoms with van der Waals surface area (Å²) in [6.45, 7) is 8.82. The Balaban J connectivity index is 1.36. The van der Waals surface area contributed by atoms with Crippen LogP contribution in [0.2, 0.25) is 0 Å². The minimum absolute atomic E-state index is 0.00769. The molecular formula is C25H38N4O3S. The molecule has 4 rings (SSSR count). The number of anilines is 2. The van der Waals surface area contributed by atoms with Crippen molar-refractivity contribution in [1.82, 2.24) is 10.2 Å². The Morgan fingerprint density at radius 1 is 1.21 bits per heavy atom. The number of aliphatic hydroxyl groups excluding tert-OH is 1. The van der Waals surface area contributed by atoms with Crippen LogP contribution in [-0.2, 0) is 9.53 Å². The molecule has 33 heavy (non-hydrogen) atoms. The van der Waals surface area contributed by atoms with E-state index < -0.39 is 0 Å². The fourth-order valence-electron chi connectivity index (χ4n) is 5.86. The van der Waals surface area contributed by atoms with Gasteiger partial charge in [-0.05, 0) is 73.5 Å². The summed E-state index contributed by atoms with van der Waals surface area (Å²) in [7, 11) is 0. The van der Waals surface area contributed by atoms with Crippen LogP contribution in [-0.4, -0.2) is 73.1 Å². The quantitative estimate of drug-likeness (QED) is 0.547. The highest BCUT2D eigenvalue weighted by Gasteiger charge is 2.42. The molecular weight excluding hydrogens is 436 g/mol. The average Bonchev–Trinajstić information content (AvgIpc) is 2.81. The first kappa shape index (κ1) is 24.2. The highest BCUT2D eigenvalue weighted by molar-refractivity contribution is 7.80. The maximum absolute atomic E-state index is 12.9. The third kappa shape index (κ3) is 5.97. The molecule has 0 radical (unpaired) electrons. The maximum Gasteiger partial charge on any atom is 0.225 e. The van der Waals surface area contributed by atoms with Gasteiger partial charge in [0.2, 0.25) is 5.91 Å². The van der Waals surface area contributed by atoms with Gasteiger partial charge >= 0.3 is 0 Å². The normalized spacial score (nSPS) is 29.7. The average molecular weight is 475 g/mol. The molecule has 1 aliphatic carbocycles. The van der Waals surface area contributed by atoms with Crippen LogP contribution in [0.25, 0.3) is 0 Å². The molecule has 1 aromatic rings. The third-order valence-corrected chi connectivity index (χ3v) is 7.82. The van der Waals surface area contributed by atoms with Gasteiger partial charge in [-0.2, -0.15) is 0 Å². The van der Waals surface area contributed by atoms with E-state index in [4.69, 9.17) is 17.0 Å². The molecule has 3 fully saturated rings. The molecule has 1 aromatic carbocycles. The molecule has 3 N–H and O–H groups in total. The van der Waals surface area contributed by atoms with Crippen molar-refractivity contribution < 1.29 is 14.6 Å². The van der Waals surface area contributed by atoms with E-state index in [1.165, 1.54) is 18.5 Å². The van der Waals surface area contributed by atoms with E-state index in [1.807, 2.05) is 17.0 Å². The lowest BCUT2D eigenvalue weighted by Gasteiger charge is -2.45. The topological polar surface area (TPSA) is 77.1 Å². The van der Waals surface area contributed by atoms with E-state index in [1.54, 1.807) is 0 Å². The largest absolute Gasteiger partial charge is 0.395 e. The number of benzene rings is 1.